The highest BCUT2D eigenvalue weighted by Crippen LogP contribution is 2.61. The molecule has 0 radical (unpaired) electrons. The van der Waals surface area contributed by atoms with E-state index in [-0.39, 0.29) is 36.6 Å². The van der Waals surface area contributed by atoms with Crippen LogP contribution in [0.4, 0.5) is 0 Å². The molecule has 0 saturated heterocycles. The van der Waals surface area contributed by atoms with Gasteiger partial charge in [0.05, 0.1) is 48.1 Å². The molecule has 8 heteroatoms. The van der Waals surface area contributed by atoms with E-state index in [1.165, 1.54) is 98.3 Å². The summed E-state index contributed by atoms with van der Waals surface area (Å²) < 4.78 is 0. The SMILES string of the molecule is CCCCCCCCCNC(=O)C[P+](CCC[P+](CC(=O)NCCCCCCCCC)(c1ccccc1)c1ccccc1)(c1ccccc1)c1ccccc1.[Cl-].[Cl-]. The minimum Gasteiger partial charge on any atom is -1.00 e. The average Bonchev–Trinajstić information content (AvgIpc) is 3.23. The van der Waals surface area contributed by atoms with Crippen molar-refractivity contribution in [1.82, 2.24) is 10.6 Å². The summed E-state index contributed by atoms with van der Waals surface area (Å²) in [5.74, 6) is 0.313. The zero-order chi connectivity index (χ0) is 38.9. The maximum Gasteiger partial charge on any atom is 0.258 e. The lowest BCUT2D eigenvalue weighted by Gasteiger charge is -2.30. The van der Waals surface area contributed by atoms with Crippen LogP contribution in [0.15, 0.2) is 121 Å². The maximum absolute atomic E-state index is 14.0. The number of hydrogen-bond acceptors (Lipinski definition) is 2. The quantitative estimate of drug-likeness (QED) is 0.0657. The van der Waals surface area contributed by atoms with Crippen molar-refractivity contribution < 1.29 is 34.4 Å². The van der Waals surface area contributed by atoms with Crippen molar-refractivity contribution in [2.75, 3.05) is 37.7 Å². The van der Waals surface area contributed by atoms with E-state index in [0.29, 0.717) is 12.3 Å². The first-order chi connectivity index (χ1) is 27.0. The number of nitrogens with one attached hydrogen (secondary N) is 2. The lowest BCUT2D eigenvalue weighted by molar-refractivity contribution is -0.119. The molecule has 0 heterocycles. The number of carbonyl (C=O) groups excluding carboxylic acids is 2. The Morgan fingerprint density at radius 3 is 0.930 bits per heavy atom. The van der Waals surface area contributed by atoms with Crippen LogP contribution in [0.25, 0.3) is 0 Å². The van der Waals surface area contributed by atoms with E-state index in [0.717, 1.165) is 44.7 Å². The van der Waals surface area contributed by atoms with Gasteiger partial charge in [-0.25, -0.2) is 0 Å². The van der Waals surface area contributed by atoms with E-state index in [9.17, 15) is 9.59 Å². The van der Waals surface area contributed by atoms with Crippen molar-refractivity contribution in [3.8, 4) is 0 Å². The predicted octanol–water partition coefficient (Wildman–Crippen LogP) is 4.46. The van der Waals surface area contributed by atoms with Crippen LogP contribution in [-0.4, -0.2) is 49.6 Å². The monoisotopic (exact) mass is 850 g/mol. The fourth-order valence-electron chi connectivity index (χ4n) is 8.02. The second-order valence-corrected chi connectivity index (χ2v) is 22.8. The van der Waals surface area contributed by atoms with Gasteiger partial charge in [-0.15, -0.1) is 0 Å². The van der Waals surface area contributed by atoms with Crippen molar-refractivity contribution in [1.29, 1.82) is 0 Å². The summed E-state index contributed by atoms with van der Waals surface area (Å²) in [6.45, 7) is 5.98. The molecule has 4 rings (SSSR count). The van der Waals surface area contributed by atoms with Gasteiger partial charge in [-0.2, -0.15) is 0 Å². The molecular formula is C49H70Cl2N2O2P2. The van der Waals surface area contributed by atoms with Gasteiger partial charge in [0.15, 0.2) is 0 Å². The molecule has 2 amide bonds. The first-order valence-electron chi connectivity index (χ1n) is 21.5. The van der Waals surface area contributed by atoms with Crippen molar-refractivity contribution >= 4 is 47.6 Å². The fraction of sp³-hybridized carbons (Fsp3) is 0.469. The summed E-state index contributed by atoms with van der Waals surface area (Å²) in [7, 11) is -4.33. The van der Waals surface area contributed by atoms with Crippen molar-refractivity contribution in [3.05, 3.63) is 121 Å². The van der Waals surface area contributed by atoms with Gasteiger partial charge in [0.25, 0.3) is 11.8 Å². The van der Waals surface area contributed by atoms with Crippen molar-refractivity contribution in [2.45, 2.75) is 110 Å². The number of benzene rings is 4. The van der Waals surface area contributed by atoms with E-state index in [1.807, 2.05) is 0 Å². The standard InChI is InChI=1S/C49H68N2O2P2.2ClH/c1-3-5-7-9-11-13-27-38-50-48(52)42-54(44-30-19-15-20-31-44,45-32-21-16-22-33-45)40-29-41-55(46-34-23-17-24-35-46,47-36-25-18-26-37-47)43-49(53)51-39-28-14-12-10-8-6-4-2;;/h15-26,30-37H,3-14,27-29,38-43H2,1-2H3;2*1H. The number of amides is 2. The number of unbranched alkanes of at least 4 members (excludes halogenated alkanes) is 12. The van der Waals surface area contributed by atoms with Gasteiger partial charge in [0.1, 0.15) is 12.3 Å². The molecule has 0 aliphatic rings. The average molecular weight is 852 g/mol. The first kappa shape index (κ1) is 50.4. The Kier molecular flexibility index (Phi) is 26.1. The molecule has 0 spiro atoms. The summed E-state index contributed by atoms with van der Waals surface area (Å²) in [5, 5.41) is 11.8. The van der Waals surface area contributed by atoms with Crippen LogP contribution in [0, 0.1) is 0 Å². The summed E-state index contributed by atoms with van der Waals surface area (Å²) >= 11 is 0. The Morgan fingerprint density at radius 2 is 0.649 bits per heavy atom. The van der Waals surface area contributed by atoms with E-state index >= 15 is 0 Å². The molecule has 57 heavy (non-hydrogen) atoms. The van der Waals surface area contributed by atoms with Crippen LogP contribution in [0.1, 0.15) is 110 Å². The van der Waals surface area contributed by atoms with Gasteiger partial charge in [-0.1, -0.05) is 164 Å². The van der Waals surface area contributed by atoms with E-state index in [2.05, 4.69) is 146 Å². The second-order valence-electron chi connectivity index (χ2n) is 15.3. The molecule has 0 bridgehead atoms. The zero-order valence-electron chi connectivity index (χ0n) is 34.9. The number of hydrogen-bond donors (Lipinski definition) is 2. The molecule has 0 atom stereocenters. The Labute approximate surface area is 360 Å². The van der Waals surface area contributed by atoms with Crippen LogP contribution in [-0.2, 0) is 9.59 Å². The summed E-state index contributed by atoms with van der Waals surface area (Å²) in [6.07, 6.45) is 21.0. The third kappa shape index (κ3) is 16.8. The maximum atomic E-state index is 14.0. The molecule has 0 aromatic heterocycles. The van der Waals surface area contributed by atoms with Gasteiger partial charge in [-0.05, 0) is 61.4 Å². The zero-order valence-corrected chi connectivity index (χ0v) is 38.2. The summed E-state index contributed by atoms with van der Waals surface area (Å²) in [4.78, 5) is 28.0. The van der Waals surface area contributed by atoms with Gasteiger partial charge < -0.3 is 35.4 Å². The molecule has 0 aliphatic heterocycles. The predicted molar refractivity (Wildman–Crippen MR) is 244 cm³/mol. The molecule has 4 nitrogen and oxygen atoms in total. The molecular weight excluding hydrogens is 781 g/mol. The summed E-state index contributed by atoms with van der Waals surface area (Å²) in [5.41, 5.74) is 0. The lowest BCUT2D eigenvalue weighted by Crippen LogP contribution is -3.00. The van der Waals surface area contributed by atoms with Gasteiger partial charge >= 0.3 is 0 Å². The van der Waals surface area contributed by atoms with Gasteiger partial charge in [-0.3, -0.25) is 9.59 Å². The Balaban J connectivity index is 0.00000561. The molecule has 4 aromatic carbocycles. The van der Waals surface area contributed by atoms with Crippen LogP contribution in [0.3, 0.4) is 0 Å². The van der Waals surface area contributed by atoms with E-state index < -0.39 is 14.5 Å². The molecule has 0 unspecified atom stereocenters. The van der Waals surface area contributed by atoms with Crippen molar-refractivity contribution in [3.63, 3.8) is 0 Å². The molecule has 2 N–H and O–H groups in total. The number of halogens is 2. The van der Waals surface area contributed by atoms with Crippen LogP contribution < -0.4 is 56.7 Å². The highest BCUT2D eigenvalue weighted by atomic mass is 35.5. The summed E-state index contributed by atoms with van der Waals surface area (Å²) in [6, 6.07) is 43.3. The Hall–Kier alpha value is -2.74. The van der Waals surface area contributed by atoms with Crippen LogP contribution in [0.2, 0.25) is 0 Å². The molecule has 0 fully saturated rings. The minimum atomic E-state index is -2.17. The topological polar surface area (TPSA) is 58.2 Å². The number of rotatable bonds is 28. The number of carbonyl (C=O) groups is 2. The smallest absolute Gasteiger partial charge is 0.258 e. The minimum absolute atomic E-state index is 0. The Morgan fingerprint density at radius 1 is 0.386 bits per heavy atom. The Bertz CT molecular complexity index is 1410. The first-order valence-corrected chi connectivity index (χ1v) is 25.9. The lowest BCUT2D eigenvalue weighted by atomic mass is 10.1. The highest BCUT2D eigenvalue weighted by molar-refractivity contribution is 7.91. The third-order valence-corrected chi connectivity index (χ3v) is 20.1. The van der Waals surface area contributed by atoms with E-state index in [1.54, 1.807) is 0 Å². The second kappa shape index (κ2) is 29.5. The molecule has 0 aliphatic carbocycles. The normalized spacial score (nSPS) is 11.3. The fourth-order valence-corrected chi connectivity index (χ4v) is 16.5. The third-order valence-electron chi connectivity index (χ3n) is 11.1. The molecule has 312 valence electrons. The van der Waals surface area contributed by atoms with Crippen LogP contribution >= 0.6 is 14.5 Å². The van der Waals surface area contributed by atoms with Crippen LogP contribution in [0.5, 0.6) is 0 Å². The molecule has 0 saturated carbocycles. The van der Waals surface area contributed by atoms with Crippen molar-refractivity contribution in [2.24, 2.45) is 0 Å². The van der Waals surface area contributed by atoms with Gasteiger partial charge in [0.2, 0.25) is 0 Å². The van der Waals surface area contributed by atoms with Gasteiger partial charge in [0, 0.05) is 19.5 Å². The van der Waals surface area contributed by atoms with E-state index in [4.69, 9.17) is 0 Å². The highest BCUT2D eigenvalue weighted by Gasteiger charge is 2.48. The largest absolute Gasteiger partial charge is 1.00 e. The molecule has 4 aromatic rings.